The normalized spacial score (nSPS) is 19.5. The smallest absolute Gasteiger partial charge is 0.224 e. The highest BCUT2D eigenvalue weighted by atomic mass is 19.1. The maximum atomic E-state index is 14.4. The Morgan fingerprint density at radius 2 is 1.84 bits per heavy atom. The van der Waals surface area contributed by atoms with E-state index >= 15 is 0 Å². The number of fused-ring (bicyclic) bond motifs is 1. The van der Waals surface area contributed by atoms with Crippen molar-refractivity contribution in [2.75, 3.05) is 10.6 Å². The van der Waals surface area contributed by atoms with Gasteiger partial charge in [0.05, 0.1) is 17.5 Å². The van der Waals surface area contributed by atoms with E-state index in [1.54, 1.807) is 6.20 Å². The number of halogens is 2. The standard InChI is InChI=1S/C23H30F2N6O/c1-13(2)27-21-26-12-19-20(30-21)31(16-8-5-14(6-9-16)23(3,4)32)22(29-19)28-18-10-7-15(24)11-17(18)25/h7,10-14,16,32H,5-6,8-9H2,1-4H3,(H,28,29)(H,26,27,30). The lowest BCUT2D eigenvalue weighted by atomic mass is 9.77. The van der Waals surface area contributed by atoms with Crippen LogP contribution in [-0.2, 0) is 0 Å². The van der Waals surface area contributed by atoms with E-state index in [9.17, 15) is 13.9 Å². The highest BCUT2D eigenvalue weighted by Crippen LogP contribution is 2.40. The largest absolute Gasteiger partial charge is 0.390 e. The molecule has 7 nitrogen and oxygen atoms in total. The molecule has 2 heterocycles. The van der Waals surface area contributed by atoms with Gasteiger partial charge in [-0.25, -0.2) is 18.7 Å². The van der Waals surface area contributed by atoms with Crippen molar-refractivity contribution in [3.05, 3.63) is 36.0 Å². The molecule has 3 N–H and O–H groups in total. The maximum Gasteiger partial charge on any atom is 0.224 e. The average Bonchev–Trinajstić information content (AvgIpc) is 3.06. The second-order valence-corrected chi connectivity index (χ2v) is 9.42. The second-order valence-electron chi connectivity index (χ2n) is 9.42. The van der Waals surface area contributed by atoms with Crippen LogP contribution in [0.5, 0.6) is 0 Å². The molecule has 32 heavy (non-hydrogen) atoms. The van der Waals surface area contributed by atoms with E-state index in [0.717, 1.165) is 31.7 Å². The Labute approximate surface area is 186 Å². The lowest BCUT2D eigenvalue weighted by molar-refractivity contribution is -0.00457. The molecule has 1 aromatic carbocycles. The van der Waals surface area contributed by atoms with Gasteiger partial charge in [-0.05, 0) is 71.4 Å². The first-order valence-corrected chi connectivity index (χ1v) is 11.1. The molecule has 0 saturated heterocycles. The second kappa shape index (κ2) is 8.61. The van der Waals surface area contributed by atoms with E-state index in [0.29, 0.717) is 23.1 Å². The summed E-state index contributed by atoms with van der Waals surface area (Å²) in [6, 6.07) is 3.64. The fourth-order valence-electron chi connectivity index (χ4n) is 4.40. The van der Waals surface area contributed by atoms with Crippen molar-refractivity contribution in [2.24, 2.45) is 5.92 Å². The minimum Gasteiger partial charge on any atom is -0.390 e. The van der Waals surface area contributed by atoms with Gasteiger partial charge in [0.1, 0.15) is 17.2 Å². The number of nitrogens with one attached hydrogen (secondary N) is 2. The summed E-state index contributed by atoms with van der Waals surface area (Å²) in [7, 11) is 0. The van der Waals surface area contributed by atoms with E-state index in [1.165, 1.54) is 12.1 Å². The molecular weight excluding hydrogens is 414 g/mol. The van der Waals surface area contributed by atoms with Gasteiger partial charge in [-0.2, -0.15) is 4.98 Å². The molecule has 0 aliphatic heterocycles. The van der Waals surface area contributed by atoms with Crippen molar-refractivity contribution < 1.29 is 13.9 Å². The molecule has 172 valence electrons. The van der Waals surface area contributed by atoms with Crippen molar-refractivity contribution >= 4 is 28.7 Å². The first-order chi connectivity index (χ1) is 15.1. The Kier molecular flexibility index (Phi) is 6.03. The summed E-state index contributed by atoms with van der Waals surface area (Å²) >= 11 is 0. The fourth-order valence-corrected chi connectivity index (χ4v) is 4.40. The van der Waals surface area contributed by atoms with Crippen LogP contribution in [0, 0.1) is 17.6 Å². The van der Waals surface area contributed by atoms with E-state index in [-0.39, 0.29) is 23.7 Å². The molecule has 4 rings (SSSR count). The molecule has 0 unspecified atom stereocenters. The summed E-state index contributed by atoms with van der Waals surface area (Å²) in [5, 5.41) is 16.7. The molecule has 1 aliphatic carbocycles. The van der Waals surface area contributed by atoms with Gasteiger partial charge in [-0.15, -0.1) is 0 Å². The van der Waals surface area contributed by atoms with E-state index in [1.807, 2.05) is 32.3 Å². The Balaban J connectivity index is 1.73. The quantitative estimate of drug-likeness (QED) is 0.486. The summed E-state index contributed by atoms with van der Waals surface area (Å²) in [5.74, 6) is -0.178. The van der Waals surface area contributed by atoms with Gasteiger partial charge in [-0.1, -0.05) is 0 Å². The number of imidazole rings is 1. The third kappa shape index (κ3) is 4.67. The Hall–Kier alpha value is -2.81. The van der Waals surface area contributed by atoms with Crippen LogP contribution in [0.3, 0.4) is 0 Å². The number of anilines is 3. The van der Waals surface area contributed by atoms with Crippen LogP contribution >= 0.6 is 0 Å². The van der Waals surface area contributed by atoms with Crippen molar-refractivity contribution in [1.82, 2.24) is 19.5 Å². The first-order valence-electron chi connectivity index (χ1n) is 11.1. The third-order valence-corrected chi connectivity index (χ3v) is 6.09. The molecule has 3 aromatic rings. The number of benzene rings is 1. The molecule has 2 aromatic heterocycles. The summed E-state index contributed by atoms with van der Waals surface area (Å²) in [4.78, 5) is 13.7. The van der Waals surface area contributed by atoms with Gasteiger partial charge in [0, 0.05) is 18.2 Å². The van der Waals surface area contributed by atoms with E-state index in [4.69, 9.17) is 4.98 Å². The molecule has 0 bridgehead atoms. The zero-order chi connectivity index (χ0) is 23.0. The Morgan fingerprint density at radius 1 is 1.12 bits per heavy atom. The van der Waals surface area contributed by atoms with Crippen LogP contribution in [0.4, 0.5) is 26.4 Å². The zero-order valence-corrected chi connectivity index (χ0v) is 18.9. The molecule has 0 amide bonds. The summed E-state index contributed by atoms with van der Waals surface area (Å²) < 4.78 is 29.7. The summed E-state index contributed by atoms with van der Waals surface area (Å²) in [5.41, 5.74) is 0.659. The predicted octanol–water partition coefficient (Wildman–Crippen LogP) is 5.17. The molecule has 0 radical (unpaired) electrons. The molecule has 9 heteroatoms. The Morgan fingerprint density at radius 3 is 2.47 bits per heavy atom. The van der Waals surface area contributed by atoms with Gasteiger partial charge in [0.15, 0.2) is 5.65 Å². The van der Waals surface area contributed by atoms with Gasteiger partial charge in [-0.3, -0.25) is 4.57 Å². The zero-order valence-electron chi connectivity index (χ0n) is 18.9. The topological polar surface area (TPSA) is 87.9 Å². The number of hydrogen-bond donors (Lipinski definition) is 3. The number of nitrogens with zero attached hydrogens (tertiary/aromatic N) is 4. The number of aliphatic hydroxyl groups is 1. The van der Waals surface area contributed by atoms with E-state index in [2.05, 4.69) is 20.6 Å². The molecule has 0 spiro atoms. The van der Waals surface area contributed by atoms with Gasteiger partial charge >= 0.3 is 0 Å². The minimum atomic E-state index is -0.725. The monoisotopic (exact) mass is 444 g/mol. The summed E-state index contributed by atoms with van der Waals surface area (Å²) in [6.45, 7) is 7.72. The maximum absolute atomic E-state index is 14.4. The molecule has 0 atom stereocenters. The van der Waals surface area contributed by atoms with E-state index < -0.39 is 17.2 Å². The lowest BCUT2D eigenvalue weighted by Gasteiger charge is -2.36. The van der Waals surface area contributed by atoms with Crippen LogP contribution in [0.2, 0.25) is 0 Å². The summed E-state index contributed by atoms with van der Waals surface area (Å²) in [6.07, 6.45) is 5.04. The van der Waals surface area contributed by atoms with Crippen LogP contribution < -0.4 is 10.6 Å². The van der Waals surface area contributed by atoms with Crippen molar-refractivity contribution in [3.63, 3.8) is 0 Å². The highest BCUT2D eigenvalue weighted by molar-refractivity contribution is 5.76. The van der Waals surface area contributed by atoms with Crippen molar-refractivity contribution in [3.8, 4) is 0 Å². The van der Waals surface area contributed by atoms with Gasteiger partial charge in [0.25, 0.3) is 0 Å². The van der Waals surface area contributed by atoms with Gasteiger partial charge in [0.2, 0.25) is 11.9 Å². The Bertz CT molecular complexity index is 1100. The van der Waals surface area contributed by atoms with Crippen LogP contribution in [0.15, 0.2) is 24.4 Å². The highest BCUT2D eigenvalue weighted by Gasteiger charge is 2.33. The minimum absolute atomic E-state index is 0.0754. The van der Waals surface area contributed by atoms with Gasteiger partial charge < -0.3 is 15.7 Å². The van der Waals surface area contributed by atoms with Crippen LogP contribution in [0.1, 0.15) is 59.4 Å². The number of hydrogen-bond acceptors (Lipinski definition) is 6. The van der Waals surface area contributed by atoms with Crippen molar-refractivity contribution in [2.45, 2.75) is 71.1 Å². The number of rotatable bonds is 6. The molecule has 1 aliphatic rings. The lowest BCUT2D eigenvalue weighted by Crippen LogP contribution is -2.34. The average molecular weight is 445 g/mol. The third-order valence-electron chi connectivity index (χ3n) is 6.09. The fraction of sp³-hybridized carbons (Fsp3) is 0.522. The first kappa shape index (κ1) is 22.4. The van der Waals surface area contributed by atoms with Crippen molar-refractivity contribution in [1.29, 1.82) is 0 Å². The molecule has 1 fully saturated rings. The number of aromatic nitrogens is 4. The molecule has 1 saturated carbocycles. The van der Waals surface area contributed by atoms with Crippen LogP contribution in [-0.4, -0.2) is 36.3 Å². The molecular formula is C23H30F2N6O. The predicted molar refractivity (Wildman–Crippen MR) is 121 cm³/mol. The SMILES string of the molecule is CC(C)Nc1ncc2nc(Nc3ccc(F)cc3F)n(C3CCC(C(C)(C)O)CC3)c2n1. The van der Waals surface area contributed by atoms with Crippen LogP contribution in [0.25, 0.3) is 11.2 Å².